The molecule has 0 bridgehead atoms. The molecule has 1 aromatic rings. The molecule has 114 valence electrons. The molecule has 21 heavy (non-hydrogen) atoms. The summed E-state index contributed by atoms with van der Waals surface area (Å²) in [6, 6.07) is 6.43. The molecule has 4 nitrogen and oxygen atoms in total. The molecule has 0 heterocycles. The van der Waals surface area contributed by atoms with Gasteiger partial charge >= 0.3 is 6.09 Å². The van der Waals surface area contributed by atoms with Crippen molar-refractivity contribution in [2.45, 2.75) is 45.3 Å². The highest BCUT2D eigenvalue weighted by Gasteiger charge is 2.22. The Bertz CT molecular complexity index is 532. The Kier molecular flexibility index (Phi) is 4.68. The Hall–Kier alpha value is -1.81. The number of aryl methyl sites for hydroxylation is 1. The molecule has 0 radical (unpaired) electrons. The molecule has 1 aliphatic rings. The number of hydrogen-bond donors (Lipinski definition) is 2. The van der Waals surface area contributed by atoms with Crippen molar-refractivity contribution in [3.8, 4) is 0 Å². The van der Waals surface area contributed by atoms with Gasteiger partial charge in [0.1, 0.15) is 5.60 Å². The van der Waals surface area contributed by atoms with Gasteiger partial charge in [0, 0.05) is 18.3 Å². The number of amides is 1. The summed E-state index contributed by atoms with van der Waals surface area (Å²) in [6.45, 7) is 10.1. The summed E-state index contributed by atoms with van der Waals surface area (Å²) < 4.78 is 5.26. The molecule has 0 saturated heterocycles. The Morgan fingerprint density at radius 1 is 1.48 bits per heavy atom. The van der Waals surface area contributed by atoms with Gasteiger partial charge in [-0.3, -0.25) is 5.32 Å². The molecule has 0 spiro atoms. The van der Waals surface area contributed by atoms with Gasteiger partial charge in [0.2, 0.25) is 0 Å². The van der Waals surface area contributed by atoms with Crippen LogP contribution in [-0.2, 0) is 11.2 Å². The van der Waals surface area contributed by atoms with E-state index in [1.807, 2.05) is 39.0 Å². The summed E-state index contributed by atoms with van der Waals surface area (Å²) in [5.41, 5.74) is 2.89. The van der Waals surface area contributed by atoms with Gasteiger partial charge in [0.05, 0.1) is 0 Å². The average molecular weight is 288 g/mol. The molecule has 1 aromatic carbocycles. The minimum atomic E-state index is -0.486. The zero-order chi connectivity index (χ0) is 15.5. The first-order valence-electron chi connectivity index (χ1n) is 7.36. The second-order valence-electron chi connectivity index (χ2n) is 6.33. The smallest absolute Gasteiger partial charge is 0.412 e. The molecule has 0 aliphatic heterocycles. The lowest BCUT2D eigenvalue weighted by molar-refractivity contribution is 0.0636. The van der Waals surface area contributed by atoms with Crippen molar-refractivity contribution in [2.75, 3.05) is 11.9 Å². The molecule has 4 heteroatoms. The first-order valence-corrected chi connectivity index (χ1v) is 7.36. The number of hydrogen-bond acceptors (Lipinski definition) is 3. The predicted octanol–water partition coefficient (Wildman–Crippen LogP) is 3.80. The van der Waals surface area contributed by atoms with Crippen molar-refractivity contribution in [3.05, 3.63) is 42.0 Å². The summed E-state index contributed by atoms with van der Waals surface area (Å²) in [5, 5.41) is 6.24. The maximum absolute atomic E-state index is 11.8. The number of anilines is 1. The van der Waals surface area contributed by atoms with E-state index < -0.39 is 11.7 Å². The van der Waals surface area contributed by atoms with E-state index in [1.165, 1.54) is 11.1 Å². The summed E-state index contributed by atoms with van der Waals surface area (Å²) in [6.07, 6.45) is 3.56. The fraction of sp³-hybridized carbons (Fsp3) is 0.471. The quantitative estimate of drug-likeness (QED) is 0.829. The number of fused-ring (bicyclic) bond motifs is 1. The topological polar surface area (TPSA) is 50.4 Å². The van der Waals surface area contributed by atoms with Gasteiger partial charge < -0.3 is 10.1 Å². The third-order valence-corrected chi connectivity index (χ3v) is 3.37. The van der Waals surface area contributed by atoms with Crippen LogP contribution in [0.4, 0.5) is 10.5 Å². The molecule has 1 amide bonds. The van der Waals surface area contributed by atoms with E-state index >= 15 is 0 Å². The number of carbonyl (C=O) groups excluding carboxylic acids is 1. The van der Waals surface area contributed by atoms with Crippen molar-refractivity contribution in [2.24, 2.45) is 0 Å². The molecule has 1 atom stereocenters. The van der Waals surface area contributed by atoms with Crippen LogP contribution in [0.2, 0.25) is 0 Å². The Balaban J connectivity index is 2.02. The molecule has 2 N–H and O–H groups in total. The van der Waals surface area contributed by atoms with Gasteiger partial charge in [-0.15, -0.1) is 6.58 Å². The molecule has 0 aromatic heterocycles. The molecular formula is C17H24N2O2. The largest absolute Gasteiger partial charge is 0.444 e. The normalized spacial score (nSPS) is 17.2. The van der Waals surface area contributed by atoms with E-state index in [9.17, 15) is 4.79 Å². The lowest BCUT2D eigenvalue weighted by Crippen LogP contribution is -2.27. The van der Waals surface area contributed by atoms with Gasteiger partial charge in [0.15, 0.2) is 0 Å². The number of benzene rings is 1. The highest BCUT2D eigenvalue weighted by atomic mass is 16.6. The lowest BCUT2D eigenvalue weighted by atomic mass is 10.1. The minimum absolute atomic E-state index is 0.383. The highest BCUT2D eigenvalue weighted by molar-refractivity contribution is 5.85. The van der Waals surface area contributed by atoms with Crippen molar-refractivity contribution < 1.29 is 9.53 Å². The van der Waals surface area contributed by atoms with Gasteiger partial charge in [0.25, 0.3) is 0 Å². The van der Waals surface area contributed by atoms with E-state index in [4.69, 9.17) is 4.74 Å². The lowest BCUT2D eigenvalue weighted by Gasteiger charge is -2.20. The fourth-order valence-electron chi connectivity index (χ4n) is 2.55. The van der Waals surface area contributed by atoms with Gasteiger partial charge in [-0.25, -0.2) is 4.79 Å². The predicted molar refractivity (Wildman–Crippen MR) is 85.6 cm³/mol. The van der Waals surface area contributed by atoms with E-state index in [2.05, 4.69) is 23.3 Å². The second-order valence-corrected chi connectivity index (χ2v) is 6.33. The number of ether oxygens (including phenoxy) is 1. The van der Waals surface area contributed by atoms with Crippen LogP contribution in [0, 0.1) is 0 Å². The third-order valence-electron chi connectivity index (χ3n) is 3.37. The van der Waals surface area contributed by atoms with Crippen molar-refractivity contribution in [1.29, 1.82) is 0 Å². The maximum atomic E-state index is 11.8. The molecule has 1 unspecified atom stereocenters. The third kappa shape index (κ3) is 4.33. The van der Waals surface area contributed by atoms with E-state index in [-0.39, 0.29) is 0 Å². The van der Waals surface area contributed by atoms with Crippen LogP contribution in [0.15, 0.2) is 30.9 Å². The van der Waals surface area contributed by atoms with E-state index in [0.29, 0.717) is 6.04 Å². The molecule has 1 aliphatic carbocycles. The summed E-state index contributed by atoms with van der Waals surface area (Å²) in [4.78, 5) is 11.8. The maximum Gasteiger partial charge on any atom is 0.412 e. The van der Waals surface area contributed by atoms with Crippen LogP contribution >= 0.6 is 0 Å². The van der Waals surface area contributed by atoms with Crippen LogP contribution in [0.5, 0.6) is 0 Å². The van der Waals surface area contributed by atoms with Crippen LogP contribution in [-0.4, -0.2) is 18.2 Å². The Morgan fingerprint density at radius 3 is 2.90 bits per heavy atom. The SMILES string of the molecule is C=CCNC1CCc2cc(NC(=O)OC(C)(C)C)ccc21. The number of nitrogens with one attached hydrogen (secondary N) is 2. The first-order chi connectivity index (χ1) is 9.89. The molecule has 2 rings (SSSR count). The zero-order valence-electron chi connectivity index (χ0n) is 13.0. The first kappa shape index (κ1) is 15.6. The monoisotopic (exact) mass is 288 g/mol. The Morgan fingerprint density at radius 2 is 2.24 bits per heavy atom. The Labute approximate surface area is 126 Å². The summed E-state index contributed by atoms with van der Waals surface area (Å²) >= 11 is 0. The summed E-state index contributed by atoms with van der Waals surface area (Å²) in [5.74, 6) is 0. The molecule has 0 saturated carbocycles. The molecule has 0 fully saturated rings. The second kappa shape index (κ2) is 6.31. The van der Waals surface area contributed by atoms with Gasteiger partial charge in [-0.05, 0) is 56.9 Å². The van der Waals surface area contributed by atoms with E-state index in [0.717, 1.165) is 25.1 Å². The molecular weight excluding hydrogens is 264 g/mol. The minimum Gasteiger partial charge on any atom is -0.444 e. The number of carbonyl (C=O) groups is 1. The standard InChI is InChI=1S/C17H24N2O2/c1-5-10-18-15-9-6-12-11-13(7-8-14(12)15)19-16(20)21-17(2,3)4/h5,7-8,11,15,18H,1,6,9-10H2,2-4H3,(H,19,20). The highest BCUT2D eigenvalue weighted by Crippen LogP contribution is 2.32. The van der Waals surface area contributed by atoms with Crippen LogP contribution < -0.4 is 10.6 Å². The van der Waals surface area contributed by atoms with E-state index in [1.54, 1.807) is 0 Å². The van der Waals surface area contributed by atoms with Crippen LogP contribution in [0.3, 0.4) is 0 Å². The number of rotatable bonds is 4. The van der Waals surface area contributed by atoms with Gasteiger partial charge in [-0.1, -0.05) is 12.1 Å². The van der Waals surface area contributed by atoms with Crippen molar-refractivity contribution in [1.82, 2.24) is 5.32 Å². The van der Waals surface area contributed by atoms with Crippen LogP contribution in [0.25, 0.3) is 0 Å². The summed E-state index contributed by atoms with van der Waals surface area (Å²) in [7, 11) is 0. The van der Waals surface area contributed by atoms with Crippen molar-refractivity contribution >= 4 is 11.8 Å². The zero-order valence-corrected chi connectivity index (χ0v) is 13.0. The van der Waals surface area contributed by atoms with Crippen LogP contribution in [0.1, 0.15) is 44.4 Å². The van der Waals surface area contributed by atoms with Crippen molar-refractivity contribution in [3.63, 3.8) is 0 Å². The average Bonchev–Trinajstić information content (AvgIpc) is 2.76. The van der Waals surface area contributed by atoms with Gasteiger partial charge in [-0.2, -0.15) is 0 Å². The fourth-order valence-corrected chi connectivity index (χ4v) is 2.55.